The van der Waals surface area contributed by atoms with Crippen LogP contribution in [0.2, 0.25) is 0 Å². The molecule has 1 aromatic heterocycles. The summed E-state index contributed by atoms with van der Waals surface area (Å²) in [7, 11) is -3.49. The van der Waals surface area contributed by atoms with E-state index in [0.29, 0.717) is 11.5 Å². The van der Waals surface area contributed by atoms with Gasteiger partial charge in [0.25, 0.3) is 0 Å². The van der Waals surface area contributed by atoms with Crippen molar-refractivity contribution in [3.63, 3.8) is 0 Å². The maximum atomic E-state index is 11.8. The van der Waals surface area contributed by atoms with Crippen LogP contribution < -0.4 is 11.1 Å². The second-order valence-corrected chi connectivity index (χ2v) is 7.70. The van der Waals surface area contributed by atoms with Gasteiger partial charge >= 0.3 is 0 Å². The van der Waals surface area contributed by atoms with Crippen molar-refractivity contribution in [1.29, 1.82) is 5.26 Å². The summed E-state index contributed by atoms with van der Waals surface area (Å²) >= 11 is 1.06. The molecule has 0 unspecified atom stereocenters. The number of rotatable bonds is 4. The molecule has 0 fully saturated rings. The Balaban J connectivity index is 2.32. The lowest BCUT2D eigenvalue weighted by Gasteiger charge is -2.07. The molecule has 0 amide bonds. The summed E-state index contributed by atoms with van der Waals surface area (Å²) in [4.78, 5) is 0.220. The minimum atomic E-state index is -3.49. The van der Waals surface area contributed by atoms with E-state index in [9.17, 15) is 8.42 Å². The summed E-state index contributed by atoms with van der Waals surface area (Å²) in [5.41, 5.74) is 7.96. The van der Waals surface area contributed by atoms with Crippen LogP contribution in [0.5, 0.6) is 0 Å². The van der Waals surface area contributed by atoms with Crippen LogP contribution in [0.1, 0.15) is 16.0 Å². The van der Waals surface area contributed by atoms with Crippen LogP contribution in [-0.2, 0) is 16.4 Å². The number of thiophene rings is 1. The quantitative estimate of drug-likeness (QED) is 0.902. The number of nitrogens with two attached hydrogens (primary N) is 1. The van der Waals surface area contributed by atoms with Gasteiger partial charge < -0.3 is 11.1 Å². The number of aryl methyl sites for hydroxylation is 1. The summed E-state index contributed by atoms with van der Waals surface area (Å²) in [6.45, 7) is 2.46. The number of nitrogens with one attached hydrogen (secondary N) is 1. The molecule has 0 bridgehead atoms. The predicted octanol–water partition coefficient (Wildman–Crippen LogP) is 2.53. The number of sulfone groups is 1. The molecule has 1 aromatic carbocycles. The Morgan fingerprint density at radius 1 is 1.33 bits per heavy atom. The van der Waals surface area contributed by atoms with Gasteiger partial charge in [0.1, 0.15) is 20.8 Å². The number of hydrogen-bond donors (Lipinski definition) is 2. The monoisotopic (exact) mass is 321 g/mol. The van der Waals surface area contributed by atoms with Gasteiger partial charge in [0.05, 0.1) is 5.69 Å². The molecule has 2 rings (SSSR count). The van der Waals surface area contributed by atoms with Gasteiger partial charge in [-0.1, -0.05) is 29.8 Å². The smallest absolute Gasteiger partial charge is 0.180 e. The Bertz CT molecular complexity index is 800. The van der Waals surface area contributed by atoms with Crippen molar-refractivity contribution < 1.29 is 8.42 Å². The third-order valence-corrected chi connectivity index (χ3v) is 5.31. The van der Waals surface area contributed by atoms with Crippen molar-refractivity contribution in [2.45, 2.75) is 18.4 Å². The summed E-state index contributed by atoms with van der Waals surface area (Å²) in [6, 6.07) is 9.82. The SMILES string of the molecule is Cc1ccc(CNc2sc(C#N)c(N)c2S(C)(=O)=O)cc1. The molecule has 0 radical (unpaired) electrons. The highest BCUT2D eigenvalue weighted by atomic mass is 32.2. The zero-order chi connectivity index (χ0) is 15.6. The standard InChI is InChI=1S/C14H15N3O2S2/c1-9-3-5-10(6-4-9)8-17-14-13(21(2,18)19)12(16)11(7-15)20-14/h3-6,17H,8,16H2,1-2H3. The van der Waals surface area contributed by atoms with Crippen molar-refractivity contribution in [3.8, 4) is 6.07 Å². The lowest BCUT2D eigenvalue weighted by Crippen LogP contribution is -2.05. The summed E-state index contributed by atoms with van der Waals surface area (Å²) in [6.07, 6.45) is 1.09. The highest BCUT2D eigenvalue weighted by molar-refractivity contribution is 7.91. The number of nitrogens with zero attached hydrogens (tertiary/aromatic N) is 1. The van der Waals surface area contributed by atoms with Gasteiger partial charge in [0, 0.05) is 12.8 Å². The molecule has 0 spiro atoms. The first kappa shape index (κ1) is 15.4. The van der Waals surface area contributed by atoms with Crippen LogP contribution in [0.4, 0.5) is 10.7 Å². The van der Waals surface area contributed by atoms with Gasteiger partial charge in [-0.15, -0.1) is 11.3 Å². The Hall–Kier alpha value is -2.04. The van der Waals surface area contributed by atoms with Gasteiger partial charge in [-0.05, 0) is 12.5 Å². The molecule has 2 aromatic rings. The molecule has 0 saturated carbocycles. The minimum Gasteiger partial charge on any atom is -0.396 e. The van der Waals surface area contributed by atoms with E-state index in [0.717, 1.165) is 28.7 Å². The zero-order valence-electron chi connectivity index (χ0n) is 11.7. The zero-order valence-corrected chi connectivity index (χ0v) is 13.3. The Morgan fingerprint density at radius 3 is 2.48 bits per heavy atom. The third-order valence-electron chi connectivity index (χ3n) is 2.95. The highest BCUT2D eigenvalue weighted by Crippen LogP contribution is 2.38. The van der Waals surface area contributed by atoms with Gasteiger partial charge in [-0.25, -0.2) is 8.42 Å². The van der Waals surface area contributed by atoms with Crippen LogP contribution in [0.15, 0.2) is 29.2 Å². The first-order valence-corrected chi connectivity index (χ1v) is 8.85. The fourth-order valence-electron chi connectivity index (χ4n) is 1.88. The van der Waals surface area contributed by atoms with Crippen LogP contribution >= 0.6 is 11.3 Å². The van der Waals surface area contributed by atoms with E-state index in [4.69, 9.17) is 11.0 Å². The number of nitriles is 1. The van der Waals surface area contributed by atoms with Gasteiger partial charge in [0.2, 0.25) is 0 Å². The van der Waals surface area contributed by atoms with Crippen molar-refractivity contribution in [2.75, 3.05) is 17.3 Å². The van der Waals surface area contributed by atoms with Crippen molar-refractivity contribution in [2.24, 2.45) is 0 Å². The van der Waals surface area contributed by atoms with Crippen molar-refractivity contribution >= 4 is 31.9 Å². The van der Waals surface area contributed by atoms with Crippen molar-refractivity contribution in [1.82, 2.24) is 0 Å². The maximum absolute atomic E-state index is 11.8. The number of benzene rings is 1. The molecule has 0 aliphatic carbocycles. The van der Waals surface area contributed by atoms with Gasteiger partial charge in [0.15, 0.2) is 9.84 Å². The van der Waals surface area contributed by atoms with Crippen LogP contribution in [-0.4, -0.2) is 14.7 Å². The first-order chi connectivity index (χ1) is 9.82. The molecule has 0 atom stereocenters. The van der Waals surface area contributed by atoms with E-state index >= 15 is 0 Å². The molecule has 0 aliphatic heterocycles. The molecule has 5 nitrogen and oxygen atoms in total. The number of anilines is 2. The third kappa shape index (κ3) is 3.35. The predicted molar refractivity (Wildman–Crippen MR) is 85.1 cm³/mol. The largest absolute Gasteiger partial charge is 0.396 e. The molecular weight excluding hydrogens is 306 g/mol. The van der Waals surface area contributed by atoms with E-state index in [2.05, 4.69) is 5.32 Å². The lowest BCUT2D eigenvalue weighted by atomic mass is 10.1. The van der Waals surface area contributed by atoms with E-state index in [-0.39, 0.29) is 15.5 Å². The molecule has 0 aliphatic rings. The number of hydrogen-bond acceptors (Lipinski definition) is 6. The van der Waals surface area contributed by atoms with E-state index in [1.807, 2.05) is 37.3 Å². The molecule has 7 heteroatoms. The average molecular weight is 321 g/mol. The second kappa shape index (κ2) is 5.76. The maximum Gasteiger partial charge on any atom is 0.180 e. The van der Waals surface area contributed by atoms with Gasteiger partial charge in [-0.2, -0.15) is 5.26 Å². The van der Waals surface area contributed by atoms with Crippen LogP contribution in [0.3, 0.4) is 0 Å². The first-order valence-electron chi connectivity index (χ1n) is 6.14. The number of nitrogen functional groups attached to an aromatic ring is 1. The van der Waals surface area contributed by atoms with Gasteiger partial charge in [-0.3, -0.25) is 0 Å². The second-order valence-electron chi connectivity index (χ2n) is 4.73. The fourth-order valence-corrected chi connectivity index (χ4v) is 4.25. The van der Waals surface area contributed by atoms with E-state index in [1.165, 1.54) is 0 Å². The minimum absolute atomic E-state index is 0.0103. The van der Waals surface area contributed by atoms with Crippen LogP contribution in [0, 0.1) is 18.3 Å². The molecule has 1 heterocycles. The normalized spacial score (nSPS) is 11.1. The summed E-state index contributed by atoms with van der Waals surface area (Å²) in [5.74, 6) is 0. The molecule has 0 saturated heterocycles. The summed E-state index contributed by atoms with van der Waals surface area (Å²) in [5, 5.41) is 12.5. The fraction of sp³-hybridized carbons (Fsp3) is 0.214. The Kier molecular flexibility index (Phi) is 4.21. The molecular formula is C14H15N3O2S2. The highest BCUT2D eigenvalue weighted by Gasteiger charge is 2.23. The topological polar surface area (TPSA) is 96.0 Å². The lowest BCUT2D eigenvalue weighted by molar-refractivity contribution is 0.603. The molecule has 21 heavy (non-hydrogen) atoms. The average Bonchev–Trinajstić information content (AvgIpc) is 2.74. The Labute approximate surface area is 127 Å². The summed E-state index contributed by atoms with van der Waals surface area (Å²) < 4.78 is 23.7. The Morgan fingerprint density at radius 2 is 1.95 bits per heavy atom. The van der Waals surface area contributed by atoms with E-state index < -0.39 is 9.84 Å². The van der Waals surface area contributed by atoms with Crippen LogP contribution in [0.25, 0.3) is 0 Å². The van der Waals surface area contributed by atoms with E-state index in [1.54, 1.807) is 0 Å². The molecule has 110 valence electrons. The molecule has 3 N–H and O–H groups in total. The van der Waals surface area contributed by atoms with Crippen molar-refractivity contribution in [3.05, 3.63) is 40.3 Å².